The van der Waals surface area contributed by atoms with Crippen molar-refractivity contribution in [2.75, 3.05) is 20.2 Å². The molecule has 0 spiro atoms. The van der Waals surface area contributed by atoms with Crippen LogP contribution in [0.2, 0.25) is 0 Å². The molecule has 1 N–H and O–H groups in total. The van der Waals surface area contributed by atoms with Crippen molar-refractivity contribution in [1.29, 1.82) is 0 Å². The summed E-state index contributed by atoms with van der Waals surface area (Å²) in [5, 5.41) is 2.85. The number of aryl methyl sites for hydroxylation is 1. The number of methoxy groups -OCH3 is 1. The maximum Gasteiger partial charge on any atom is 0.243 e. The van der Waals surface area contributed by atoms with Crippen molar-refractivity contribution >= 4 is 15.9 Å². The summed E-state index contributed by atoms with van der Waals surface area (Å²) in [6.45, 7) is 5.32. The molecule has 0 saturated heterocycles. The second kappa shape index (κ2) is 9.01. The summed E-state index contributed by atoms with van der Waals surface area (Å²) in [5.74, 6) is 0.272. The molecular formula is C20H26N2O4S. The highest BCUT2D eigenvalue weighted by atomic mass is 32.2. The summed E-state index contributed by atoms with van der Waals surface area (Å²) < 4.78 is 32.2. The SMILES string of the molecule is CCN(CC(=O)N[C@H](C)c1ccccc1)S(=O)(=O)c1ccc(OC)c(C)c1. The summed E-state index contributed by atoms with van der Waals surface area (Å²) in [4.78, 5) is 12.5. The number of sulfonamides is 1. The van der Waals surface area contributed by atoms with E-state index in [1.54, 1.807) is 26.0 Å². The molecule has 1 atom stereocenters. The predicted molar refractivity (Wildman–Crippen MR) is 105 cm³/mol. The first-order chi connectivity index (χ1) is 12.8. The largest absolute Gasteiger partial charge is 0.496 e. The Kier molecular flexibility index (Phi) is 6.98. The number of nitrogens with one attached hydrogen (secondary N) is 1. The average molecular weight is 391 g/mol. The lowest BCUT2D eigenvalue weighted by Gasteiger charge is -2.22. The van der Waals surface area contributed by atoms with Crippen LogP contribution >= 0.6 is 0 Å². The van der Waals surface area contributed by atoms with Gasteiger partial charge in [-0.1, -0.05) is 37.3 Å². The molecule has 0 unspecified atom stereocenters. The lowest BCUT2D eigenvalue weighted by Crippen LogP contribution is -2.41. The number of carbonyl (C=O) groups is 1. The average Bonchev–Trinajstić information content (AvgIpc) is 2.66. The van der Waals surface area contributed by atoms with Gasteiger partial charge >= 0.3 is 0 Å². The zero-order valence-electron chi connectivity index (χ0n) is 16.1. The number of amides is 1. The fourth-order valence-electron chi connectivity index (χ4n) is 2.80. The molecular weight excluding hydrogens is 364 g/mol. The minimum Gasteiger partial charge on any atom is -0.496 e. The highest BCUT2D eigenvalue weighted by Gasteiger charge is 2.26. The van der Waals surface area contributed by atoms with Gasteiger partial charge in [-0.25, -0.2) is 8.42 Å². The van der Waals surface area contributed by atoms with Crippen LogP contribution in [0.1, 0.15) is 31.0 Å². The highest BCUT2D eigenvalue weighted by molar-refractivity contribution is 7.89. The first-order valence-corrected chi connectivity index (χ1v) is 10.2. The molecule has 7 heteroatoms. The van der Waals surface area contributed by atoms with Crippen LogP contribution in [0, 0.1) is 6.92 Å². The lowest BCUT2D eigenvalue weighted by atomic mass is 10.1. The lowest BCUT2D eigenvalue weighted by molar-refractivity contribution is -0.121. The molecule has 0 radical (unpaired) electrons. The van der Waals surface area contributed by atoms with Crippen molar-refractivity contribution in [2.24, 2.45) is 0 Å². The number of likely N-dealkylation sites (N-methyl/N-ethyl adjacent to an activating group) is 1. The van der Waals surface area contributed by atoms with E-state index in [-0.39, 0.29) is 29.9 Å². The highest BCUT2D eigenvalue weighted by Crippen LogP contribution is 2.23. The van der Waals surface area contributed by atoms with Gasteiger partial charge in [-0.05, 0) is 43.2 Å². The van der Waals surface area contributed by atoms with Crippen molar-refractivity contribution in [3.63, 3.8) is 0 Å². The Labute approximate surface area is 161 Å². The van der Waals surface area contributed by atoms with Gasteiger partial charge in [-0.15, -0.1) is 0 Å². The van der Waals surface area contributed by atoms with Gasteiger partial charge in [0.1, 0.15) is 5.75 Å². The monoisotopic (exact) mass is 390 g/mol. The van der Waals surface area contributed by atoms with Crippen LogP contribution in [0.15, 0.2) is 53.4 Å². The van der Waals surface area contributed by atoms with Crippen LogP contribution in [0.25, 0.3) is 0 Å². The molecule has 1 amide bonds. The number of rotatable bonds is 8. The van der Waals surface area contributed by atoms with Gasteiger partial charge in [0.05, 0.1) is 24.6 Å². The number of nitrogens with zero attached hydrogens (tertiary/aromatic N) is 1. The van der Waals surface area contributed by atoms with E-state index in [2.05, 4.69) is 5.32 Å². The third-order valence-corrected chi connectivity index (χ3v) is 6.27. The number of hydrogen-bond acceptors (Lipinski definition) is 4. The van der Waals surface area contributed by atoms with Crippen molar-refractivity contribution in [3.8, 4) is 5.75 Å². The van der Waals surface area contributed by atoms with E-state index in [9.17, 15) is 13.2 Å². The summed E-state index contributed by atoms with van der Waals surface area (Å²) in [6.07, 6.45) is 0. The molecule has 0 aromatic heterocycles. The molecule has 0 bridgehead atoms. The van der Waals surface area contributed by atoms with E-state index >= 15 is 0 Å². The fraction of sp³-hybridized carbons (Fsp3) is 0.350. The van der Waals surface area contributed by atoms with Crippen molar-refractivity contribution in [2.45, 2.75) is 31.7 Å². The van der Waals surface area contributed by atoms with E-state index in [1.165, 1.54) is 17.5 Å². The standard InChI is InChI=1S/C20H26N2O4S/c1-5-22(14-20(23)21-16(3)17-9-7-6-8-10-17)27(24,25)18-11-12-19(26-4)15(2)13-18/h6-13,16H,5,14H2,1-4H3,(H,21,23)/t16-/m1/s1. The van der Waals surface area contributed by atoms with Gasteiger partial charge in [-0.3, -0.25) is 4.79 Å². The Morgan fingerprint density at radius 1 is 1.19 bits per heavy atom. The first-order valence-electron chi connectivity index (χ1n) is 8.78. The topological polar surface area (TPSA) is 75.7 Å². The van der Waals surface area contributed by atoms with Crippen molar-refractivity contribution in [3.05, 3.63) is 59.7 Å². The van der Waals surface area contributed by atoms with Gasteiger partial charge in [0, 0.05) is 6.54 Å². The summed E-state index contributed by atoms with van der Waals surface area (Å²) in [6, 6.07) is 14.0. The van der Waals surface area contributed by atoms with Crippen LogP contribution in [-0.4, -0.2) is 38.8 Å². The van der Waals surface area contributed by atoms with Gasteiger partial charge in [0.25, 0.3) is 0 Å². The van der Waals surface area contributed by atoms with Crippen LogP contribution in [0.3, 0.4) is 0 Å². The Morgan fingerprint density at radius 3 is 2.41 bits per heavy atom. The molecule has 2 rings (SSSR count). The smallest absolute Gasteiger partial charge is 0.243 e. The van der Waals surface area contributed by atoms with Crippen LogP contribution < -0.4 is 10.1 Å². The van der Waals surface area contributed by atoms with Crippen LogP contribution in [0.4, 0.5) is 0 Å². The molecule has 0 heterocycles. The second-order valence-corrected chi connectivity index (χ2v) is 8.20. The molecule has 6 nitrogen and oxygen atoms in total. The number of benzene rings is 2. The third kappa shape index (κ3) is 5.08. The first kappa shape index (κ1) is 20.9. The molecule has 2 aromatic rings. The van der Waals surface area contributed by atoms with E-state index in [4.69, 9.17) is 4.74 Å². The Hall–Kier alpha value is -2.38. The minimum absolute atomic E-state index is 0.145. The molecule has 0 fully saturated rings. The maximum atomic E-state index is 12.9. The molecule has 2 aromatic carbocycles. The van der Waals surface area contributed by atoms with Gasteiger partial charge in [0.15, 0.2) is 0 Å². The van der Waals surface area contributed by atoms with Crippen LogP contribution in [0.5, 0.6) is 5.75 Å². The number of hydrogen-bond donors (Lipinski definition) is 1. The zero-order chi connectivity index (χ0) is 20.0. The van der Waals surface area contributed by atoms with E-state index in [1.807, 2.05) is 37.3 Å². The molecule has 0 saturated carbocycles. The fourth-order valence-corrected chi connectivity index (χ4v) is 4.29. The van der Waals surface area contributed by atoms with E-state index in [0.29, 0.717) is 5.75 Å². The van der Waals surface area contributed by atoms with Gasteiger partial charge in [-0.2, -0.15) is 4.31 Å². The third-order valence-electron chi connectivity index (χ3n) is 4.35. The second-order valence-electron chi connectivity index (χ2n) is 6.26. The Morgan fingerprint density at radius 2 is 1.85 bits per heavy atom. The van der Waals surface area contributed by atoms with E-state index in [0.717, 1.165) is 11.1 Å². The zero-order valence-corrected chi connectivity index (χ0v) is 16.9. The molecule has 27 heavy (non-hydrogen) atoms. The van der Waals surface area contributed by atoms with Gasteiger partial charge in [0.2, 0.25) is 15.9 Å². The van der Waals surface area contributed by atoms with Gasteiger partial charge < -0.3 is 10.1 Å². The molecule has 0 aliphatic carbocycles. The summed E-state index contributed by atoms with van der Waals surface area (Å²) >= 11 is 0. The molecule has 0 aliphatic rings. The maximum absolute atomic E-state index is 12.9. The Balaban J connectivity index is 2.13. The number of carbonyl (C=O) groups excluding carboxylic acids is 1. The van der Waals surface area contributed by atoms with Crippen LogP contribution in [-0.2, 0) is 14.8 Å². The predicted octanol–water partition coefficient (Wildman–Crippen LogP) is 2.89. The molecule has 146 valence electrons. The molecule has 0 aliphatic heterocycles. The van der Waals surface area contributed by atoms with Crippen molar-refractivity contribution in [1.82, 2.24) is 9.62 Å². The normalized spacial score (nSPS) is 12.6. The summed E-state index contributed by atoms with van der Waals surface area (Å²) in [5.41, 5.74) is 1.68. The number of ether oxygens (including phenoxy) is 1. The quantitative estimate of drug-likeness (QED) is 0.752. The minimum atomic E-state index is -3.78. The Bertz CT molecular complexity index is 882. The summed E-state index contributed by atoms with van der Waals surface area (Å²) in [7, 11) is -2.24. The van der Waals surface area contributed by atoms with E-state index < -0.39 is 10.0 Å². The van der Waals surface area contributed by atoms with Crippen molar-refractivity contribution < 1.29 is 17.9 Å².